The lowest BCUT2D eigenvalue weighted by molar-refractivity contribution is -0.141. The monoisotopic (exact) mass is 251 g/mol. The second-order valence-corrected chi connectivity index (χ2v) is 4.05. The van der Waals surface area contributed by atoms with Gasteiger partial charge in [-0.25, -0.2) is 0 Å². The molecule has 0 atom stereocenters. The number of carbonyl (C=O) groups excluding carboxylic acids is 1. The molecule has 0 fully saturated rings. The largest absolute Gasteiger partial charge is 0.496 e. The van der Waals surface area contributed by atoms with Crippen molar-refractivity contribution in [1.29, 1.82) is 0 Å². The third-order valence-corrected chi connectivity index (χ3v) is 2.58. The van der Waals surface area contributed by atoms with E-state index in [-0.39, 0.29) is 12.5 Å². The maximum Gasteiger partial charge on any atom is 0.319 e. The predicted molar refractivity (Wildman–Crippen MR) is 70.9 cm³/mol. The Bertz CT molecular complexity index is 391. The van der Waals surface area contributed by atoms with E-state index in [1.165, 1.54) is 5.56 Å². The van der Waals surface area contributed by atoms with Crippen LogP contribution in [0.15, 0.2) is 18.2 Å². The summed E-state index contributed by atoms with van der Waals surface area (Å²) in [7, 11) is 1.67. The van der Waals surface area contributed by atoms with Gasteiger partial charge in [0.2, 0.25) is 0 Å². The molecule has 4 nitrogen and oxygen atoms in total. The lowest BCUT2D eigenvalue weighted by Crippen LogP contribution is -2.26. The van der Waals surface area contributed by atoms with E-state index in [1.54, 1.807) is 14.0 Å². The number of esters is 1. The van der Waals surface area contributed by atoms with E-state index in [2.05, 4.69) is 18.3 Å². The molecule has 0 amide bonds. The molecule has 0 saturated heterocycles. The number of methoxy groups -OCH3 is 1. The van der Waals surface area contributed by atoms with Gasteiger partial charge in [0.25, 0.3) is 0 Å². The van der Waals surface area contributed by atoms with Crippen LogP contribution in [0.2, 0.25) is 0 Å². The molecule has 0 unspecified atom stereocenters. The summed E-state index contributed by atoms with van der Waals surface area (Å²) in [6, 6.07) is 6.09. The van der Waals surface area contributed by atoms with E-state index in [1.807, 2.05) is 12.1 Å². The maximum absolute atomic E-state index is 11.1. The Morgan fingerprint density at radius 3 is 2.83 bits per heavy atom. The molecular formula is C14H21NO3. The SMILES string of the molecule is CCOC(=O)CNCCc1cc(C)ccc1OC. The van der Waals surface area contributed by atoms with Gasteiger partial charge in [-0.3, -0.25) is 4.79 Å². The van der Waals surface area contributed by atoms with Crippen molar-refractivity contribution >= 4 is 5.97 Å². The van der Waals surface area contributed by atoms with Gasteiger partial charge in [-0.05, 0) is 38.4 Å². The zero-order valence-corrected chi connectivity index (χ0v) is 11.3. The highest BCUT2D eigenvalue weighted by Gasteiger charge is 2.04. The summed E-state index contributed by atoms with van der Waals surface area (Å²) in [5.41, 5.74) is 2.35. The summed E-state index contributed by atoms with van der Waals surface area (Å²) in [5.74, 6) is 0.673. The van der Waals surface area contributed by atoms with Crippen molar-refractivity contribution in [3.05, 3.63) is 29.3 Å². The summed E-state index contributed by atoms with van der Waals surface area (Å²) in [6.45, 7) is 5.25. The third kappa shape index (κ3) is 4.75. The van der Waals surface area contributed by atoms with Gasteiger partial charge in [-0.2, -0.15) is 0 Å². The maximum atomic E-state index is 11.1. The molecule has 0 aliphatic heterocycles. The Kier molecular flexibility index (Phi) is 6.22. The number of nitrogens with one attached hydrogen (secondary N) is 1. The van der Waals surface area contributed by atoms with Crippen LogP contribution in [0.25, 0.3) is 0 Å². The zero-order valence-electron chi connectivity index (χ0n) is 11.3. The highest BCUT2D eigenvalue weighted by atomic mass is 16.5. The van der Waals surface area contributed by atoms with Crippen molar-refractivity contribution in [2.75, 3.05) is 26.8 Å². The average Bonchev–Trinajstić information content (AvgIpc) is 2.35. The first-order valence-corrected chi connectivity index (χ1v) is 6.17. The Labute approximate surface area is 108 Å². The third-order valence-electron chi connectivity index (χ3n) is 2.58. The van der Waals surface area contributed by atoms with Crippen LogP contribution < -0.4 is 10.1 Å². The van der Waals surface area contributed by atoms with E-state index >= 15 is 0 Å². The predicted octanol–water partition coefficient (Wildman–Crippen LogP) is 1.70. The summed E-state index contributed by atoms with van der Waals surface area (Å²) >= 11 is 0. The lowest BCUT2D eigenvalue weighted by atomic mass is 10.1. The fraction of sp³-hybridized carbons (Fsp3) is 0.500. The number of hydrogen-bond acceptors (Lipinski definition) is 4. The van der Waals surface area contributed by atoms with Gasteiger partial charge in [0.05, 0.1) is 20.3 Å². The smallest absolute Gasteiger partial charge is 0.319 e. The van der Waals surface area contributed by atoms with Crippen LogP contribution in [0.3, 0.4) is 0 Å². The Balaban J connectivity index is 2.39. The second kappa shape index (κ2) is 7.71. The summed E-state index contributed by atoms with van der Waals surface area (Å²) in [6.07, 6.45) is 0.824. The molecule has 1 aromatic rings. The molecule has 1 N–H and O–H groups in total. The zero-order chi connectivity index (χ0) is 13.4. The van der Waals surface area contributed by atoms with Gasteiger partial charge >= 0.3 is 5.97 Å². The van der Waals surface area contributed by atoms with Gasteiger partial charge in [-0.15, -0.1) is 0 Å². The summed E-state index contributed by atoms with van der Waals surface area (Å²) < 4.78 is 10.1. The normalized spacial score (nSPS) is 10.2. The topological polar surface area (TPSA) is 47.6 Å². The number of hydrogen-bond donors (Lipinski definition) is 1. The van der Waals surface area contributed by atoms with Crippen LogP contribution in [0.5, 0.6) is 5.75 Å². The molecule has 0 heterocycles. The van der Waals surface area contributed by atoms with Crippen LogP contribution in [0.1, 0.15) is 18.1 Å². The van der Waals surface area contributed by atoms with E-state index in [9.17, 15) is 4.79 Å². The van der Waals surface area contributed by atoms with Gasteiger partial charge in [0.1, 0.15) is 5.75 Å². The van der Waals surface area contributed by atoms with Gasteiger partial charge < -0.3 is 14.8 Å². The molecule has 0 aliphatic rings. The molecule has 0 aliphatic carbocycles. The number of rotatable bonds is 7. The molecule has 4 heteroatoms. The first kappa shape index (κ1) is 14.5. The standard InChI is InChI=1S/C14H21NO3/c1-4-18-14(16)10-15-8-7-12-9-11(2)5-6-13(12)17-3/h5-6,9,15H,4,7-8,10H2,1-3H3. The van der Waals surface area contributed by atoms with Crippen molar-refractivity contribution in [3.63, 3.8) is 0 Å². The number of aryl methyl sites for hydroxylation is 1. The molecule has 100 valence electrons. The average molecular weight is 251 g/mol. The molecule has 0 bridgehead atoms. The van der Waals surface area contributed by atoms with Crippen LogP contribution >= 0.6 is 0 Å². The molecule has 0 aromatic heterocycles. The Hall–Kier alpha value is -1.55. The van der Waals surface area contributed by atoms with Gasteiger partial charge in [-0.1, -0.05) is 17.7 Å². The molecule has 0 saturated carbocycles. The van der Waals surface area contributed by atoms with Crippen LogP contribution in [0, 0.1) is 6.92 Å². The summed E-state index contributed by atoms with van der Waals surface area (Å²) in [4.78, 5) is 11.1. The van der Waals surface area contributed by atoms with E-state index in [4.69, 9.17) is 9.47 Å². The first-order chi connectivity index (χ1) is 8.67. The van der Waals surface area contributed by atoms with Gasteiger partial charge in [0.15, 0.2) is 0 Å². The molecule has 0 radical (unpaired) electrons. The molecular weight excluding hydrogens is 230 g/mol. The van der Waals surface area contributed by atoms with Crippen LogP contribution in [0.4, 0.5) is 0 Å². The number of carbonyl (C=O) groups is 1. The number of ether oxygens (including phenoxy) is 2. The van der Waals surface area contributed by atoms with Crippen molar-refractivity contribution in [1.82, 2.24) is 5.32 Å². The molecule has 0 spiro atoms. The minimum Gasteiger partial charge on any atom is -0.496 e. The van der Waals surface area contributed by atoms with E-state index in [0.29, 0.717) is 6.61 Å². The van der Waals surface area contributed by atoms with E-state index < -0.39 is 0 Å². The number of benzene rings is 1. The minimum atomic E-state index is -0.214. The van der Waals surface area contributed by atoms with E-state index in [0.717, 1.165) is 24.3 Å². The van der Waals surface area contributed by atoms with Crippen LogP contribution in [-0.2, 0) is 16.0 Å². The first-order valence-electron chi connectivity index (χ1n) is 6.17. The van der Waals surface area contributed by atoms with Crippen molar-refractivity contribution in [2.45, 2.75) is 20.3 Å². The molecule has 18 heavy (non-hydrogen) atoms. The quantitative estimate of drug-likeness (QED) is 0.592. The fourth-order valence-electron chi connectivity index (χ4n) is 1.73. The van der Waals surface area contributed by atoms with Crippen molar-refractivity contribution < 1.29 is 14.3 Å². The second-order valence-electron chi connectivity index (χ2n) is 4.05. The highest BCUT2D eigenvalue weighted by Crippen LogP contribution is 2.19. The fourth-order valence-corrected chi connectivity index (χ4v) is 1.73. The van der Waals surface area contributed by atoms with Crippen molar-refractivity contribution in [2.24, 2.45) is 0 Å². The van der Waals surface area contributed by atoms with Gasteiger partial charge in [0, 0.05) is 0 Å². The Morgan fingerprint density at radius 2 is 2.17 bits per heavy atom. The highest BCUT2D eigenvalue weighted by molar-refractivity contribution is 5.71. The lowest BCUT2D eigenvalue weighted by Gasteiger charge is -2.10. The van der Waals surface area contributed by atoms with Crippen molar-refractivity contribution in [3.8, 4) is 5.75 Å². The Morgan fingerprint density at radius 1 is 1.39 bits per heavy atom. The molecule has 1 aromatic carbocycles. The summed E-state index contributed by atoms with van der Waals surface area (Å²) in [5, 5.41) is 3.06. The molecule has 1 rings (SSSR count). The van der Waals surface area contributed by atoms with Crippen LogP contribution in [-0.4, -0.2) is 32.8 Å². The minimum absolute atomic E-state index is 0.214.